The molecule has 144 valence electrons. The Balaban J connectivity index is 1.85. The summed E-state index contributed by atoms with van der Waals surface area (Å²) in [5, 5.41) is 3.02. The van der Waals surface area contributed by atoms with E-state index in [0.29, 0.717) is 24.2 Å². The summed E-state index contributed by atoms with van der Waals surface area (Å²) in [7, 11) is -3.31. The van der Waals surface area contributed by atoms with Gasteiger partial charge >= 0.3 is 0 Å². The van der Waals surface area contributed by atoms with Crippen molar-refractivity contribution in [3.63, 3.8) is 0 Å². The molecule has 1 unspecified atom stereocenters. The van der Waals surface area contributed by atoms with Crippen LogP contribution in [-0.2, 0) is 10.0 Å². The molecule has 0 saturated carbocycles. The number of benzene rings is 2. The summed E-state index contributed by atoms with van der Waals surface area (Å²) in [5.41, 5.74) is 4.11. The molecule has 1 amide bonds. The first-order valence-electron chi connectivity index (χ1n) is 9.27. The Morgan fingerprint density at radius 1 is 1.07 bits per heavy atom. The number of sulfonamides is 1. The molecule has 1 saturated heterocycles. The van der Waals surface area contributed by atoms with Gasteiger partial charge in [-0.05, 0) is 62.4 Å². The first-order valence-corrected chi connectivity index (χ1v) is 10.9. The Morgan fingerprint density at radius 2 is 1.81 bits per heavy atom. The van der Waals surface area contributed by atoms with Crippen molar-refractivity contribution in [1.29, 1.82) is 0 Å². The van der Waals surface area contributed by atoms with Crippen molar-refractivity contribution in [2.24, 2.45) is 0 Å². The van der Waals surface area contributed by atoms with Crippen molar-refractivity contribution in [3.8, 4) is 0 Å². The average Bonchev–Trinajstić information content (AvgIpc) is 2.62. The molecule has 5 nitrogen and oxygen atoms in total. The summed E-state index contributed by atoms with van der Waals surface area (Å²) >= 11 is 0. The van der Waals surface area contributed by atoms with E-state index in [1.165, 1.54) is 4.31 Å². The zero-order valence-corrected chi connectivity index (χ0v) is 16.8. The molecule has 6 heteroatoms. The van der Waals surface area contributed by atoms with Crippen LogP contribution in [-0.4, -0.2) is 26.6 Å². The minimum atomic E-state index is -3.31. The maximum absolute atomic E-state index is 12.8. The van der Waals surface area contributed by atoms with Crippen molar-refractivity contribution in [3.05, 3.63) is 64.7 Å². The fraction of sp³-hybridized carbons (Fsp3) is 0.381. The summed E-state index contributed by atoms with van der Waals surface area (Å²) in [6, 6.07) is 13.1. The van der Waals surface area contributed by atoms with E-state index < -0.39 is 10.0 Å². The van der Waals surface area contributed by atoms with Crippen molar-refractivity contribution >= 4 is 21.6 Å². The number of hydrogen-bond acceptors (Lipinski definition) is 3. The van der Waals surface area contributed by atoms with Gasteiger partial charge < -0.3 is 5.32 Å². The molecule has 0 aromatic heterocycles. The minimum absolute atomic E-state index is 0.137. The summed E-state index contributed by atoms with van der Waals surface area (Å²) in [4.78, 5) is 12.8. The number of anilines is 1. The maximum atomic E-state index is 12.8. The molecule has 2 aromatic rings. The molecule has 1 fully saturated rings. The van der Waals surface area contributed by atoms with E-state index in [2.05, 4.69) is 5.32 Å². The van der Waals surface area contributed by atoms with Gasteiger partial charge in [0.25, 0.3) is 5.91 Å². The fourth-order valence-electron chi connectivity index (χ4n) is 3.51. The normalized spacial score (nSPS) is 17.4. The molecule has 2 aromatic carbocycles. The smallest absolute Gasteiger partial charge is 0.251 e. The Kier molecular flexibility index (Phi) is 5.56. The minimum Gasteiger partial charge on any atom is -0.346 e. The number of amides is 1. The van der Waals surface area contributed by atoms with Crippen LogP contribution in [0, 0.1) is 13.8 Å². The predicted octanol–water partition coefficient (Wildman–Crippen LogP) is 3.72. The van der Waals surface area contributed by atoms with Crippen molar-refractivity contribution in [2.45, 2.75) is 39.7 Å². The van der Waals surface area contributed by atoms with Crippen LogP contribution in [0.25, 0.3) is 0 Å². The Hall–Kier alpha value is -2.34. The van der Waals surface area contributed by atoms with Gasteiger partial charge in [-0.15, -0.1) is 0 Å². The third-order valence-corrected chi connectivity index (χ3v) is 6.95. The molecule has 0 spiro atoms. The van der Waals surface area contributed by atoms with E-state index in [9.17, 15) is 13.2 Å². The predicted molar refractivity (Wildman–Crippen MR) is 109 cm³/mol. The Bertz CT molecular complexity index is 954. The molecular weight excluding hydrogens is 360 g/mol. The van der Waals surface area contributed by atoms with E-state index >= 15 is 0 Å². The quantitative estimate of drug-likeness (QED) is 0.871. The fourth-order valence-corrected chi connectivity index (χ4v) is 5.20. The number of carbonyl (C=O) groups excluding carboxylic acids is 1. The van der Waals surface area contributed by atoms with Gasteiger partial charge in [-0.3, -0.25) is 9.10 Å². The zero-order chi connectivity index (χ0) is 19.6. The highest BCUT2D eigenvalue weighted by Gasteiger charge is 2.27. The van der Waals surface area contributed by atoms with Crippen LogP contribution < -0.4 is 9.62 Å². The third-order valence-electron chi connectivity index (χ3n) is 5.09. The molecule has 0 radical (unpaired) electrons. The number of nitrogens with one attached hydrogen (secondary N) is 1. The van der Waals surface area contributed by atoms with E-state index in [4.69, 9.17) is 0 Å². The van der Waals surface area contributed by atoms with E-state index in [-0.39, 0.29) is 17.7 Å². The van der Waals surface area contributed by atoms with Gasteiger partial charge in [-0.1, -0.05) is 30.3 Å². The van der Waals surface area contributed by atoms with Gasteiger partial charge in [-0.2, -0.15) is 0 Å². The number of hydrogen-bond donors (Lipinski definition) is 1. The molecule has 0 bridgehead atoms. The Labute approximate surface area is 161 Å². The molecule has 1 atom stereocenters. The topological polar surface area (TPSA) is 66.5 Å². The third kappa shape index (κ3) is 4.16. The summed E-state index contributed by atoms with van der Waals surface area (Å²) < 4.78 is 26.3. The second kappa shape index (κ2) is 7.72. The Morgan fingerprint density at radius 3 is 2.52 bits per heavy atom. The number of carbonyl (C=O) groups is 1. The highest BCUT2D eigenvalue weighted by Crippen LogP contribution is 2.28. The monoisotopic (exact) mass is 386 g/mol. The van der Waals surface area contributed by atoms with Crippen LogP contribution >= 0.6 is 0 Å². The second-order valence-electron chi connectivity index (χ2n) is 7.15. The standard InChI is InChI=1S/C21H26N2O3S/c1-15-8-4-5-9-19(15)17(3)22-21(24)18-11-10-16(2)20(14-18)23-12-6-7-13-27(23,25)26/h4-5,8-11,14,17H,6-7,12-13H2,1-3H3,(H,22,24). The first-order chi connectivity index (χ1) is 12.8. The molecule has 1 heterocycles. The van der Waals surface area contributed by atoms with Crippen LogP contribution in [0.5, 0.6) is 0 Å². The lowest BCUT2D eigenvalue weighted by atomic mass is 10.0. The molecule has 1 N–H and O–H groups in total. The second-order valence-corrected chi connectivity index (χ2v) is 9.16. The number of nitrogens with zero attached hydrogens (tertiary/aromatic N) is 1. The van der Waals surface area contributed by atoms with Crippen LogP contribution in [0.3, 0.4) is 0 Å². The molecule has 1 aliphatic heterocycles. The number of aryl methyl sites for hydroxylation is 2. The lowest BCUT2D eigenvalue weighted by molar-refractivity contribution is 0.0940. The van der Waals surface area contributed by atoms with Crippen LogP contribution in [0.2, 0.25) is 0 Å². The van der Waals surface area contributed by atoms with Crippen molar-refractivity contribution in [1.82, 2.24) is 5.32 Å². The molecule has 0 aliphatic carbocycles. The number of rotatable bonds is 4. The lowest BCUT2D eigenvalue weighted by Gasteiger charge is -2.29. The van der Waals surface area contributed by atoms with E-state index in [0.717, 1.165) is 23.1 Å². The van der Waals surface area contributed by atoms with Gasteiger partial charge in [0.2, 0.25) is 10.0 Å². The van der Waals surface area contributed by atoms with Crippen LogP contribution in [0.15, 0.2) is 42.5 Å². The SMILES string of the molecule is Cc1ccccc1C(C)NC(=O)c1ccc(C)c(N2CCCCS2(=O)=O)c1. The van der Waals surface area contributed by atoms with Gasteiger partial charge in [0.1, 0.15) is 0 Å². The largest absolute Gasteiger partial charge is 0.346 e. The average molecular weight is 387 g/mol. The first kappa shape index (κ1) is 19.4. The molecular formula is C21H26N2O3S. The summed E-state index contributed by atoms with van der Waals surface area (Å²) in [6.45, 7) is 6.30. The maximum Gasteiger partial charge on any atom is 0.251 e. The van der Waals surface area contributed by atoms with E-state index in [1.54, 1.807) is 12.1 Å². The molecule has 3 rings (SSSR count). The highest BCUT2D eigenvalue weighted by molar-refractivity contribution is 7.92. The van der Waals surface area contributed by atoms with Gasteiger partial charge in [0.15, 0.2) is 0 Å². The molecule has 27 heavy (non-hydrogen) atoms. The van der Waals surface area contributed by atoms with Crippen LogP contribution in [0.1, 0.15) is 52.9 Å². The van der Waals surface area contributed by atoms with E-state index in [1.807, 2.05) is 51.1 Å². The summed E-state index contributed by atoms with van der Waals surface area (Å²) in [5.74, 6) is -0.0471. The highest BCUT2D eigenvalue weighted by atomic mass is 32.2. The summed E-state index contributed by atoms with van der Waals surface area (Å²) in [6.07, 6.45) is 1.52. The van der Waals surface area contributed by atoms with Crippen LogP contribution in [0.4, 0.5) is 5.69 Å². The van der Waals surface area contributed by atoms with Crippen molar-refractivity contribution < 1.29 is 13.2 Å². The van der Waals surface area contributed by atoms with Gasteiger partial charge in [0, 0.05) is 12.1 Å². The molecule has 1 aliphatic rings. The van der Waals surface area contributed by atoms with Gasteiger partial charge in [0.05, 0.1) is 17.5 Å². The van der Waals surface area contributed by atoms with Crippen molar-refractivity contribution in [2.75, 3.05) is 16.6 Å². The zero-order valence-electron chi connectivity index (χ0n) is 16.0. The lowest BCUT2D eigenvalue weighted by Crippen LogP contribution is -2.38. The van der Waals surface area contributed by atoms with Gasteiger partial charge in [-0.25, -0.2) is 8.42 Å².